The molecule has 0 bridgehead atoms. The number of benzene rings is 1. The van der Waals surface area contributed by atoms with Gasteiger partial charge in [-0.2, -0.15) is 0 Å². The third-order valence-electron chi connectivity index (χ3n) is 8.19. The summed E-state index contributed by atoms with van der Waals surface area (Å²) in [7, 11) is -2.03. The van der Waals surface area contributed by atoms with Crippen LogP contribution in [0.1, 0.15) is 86.3 Å². The fourth-order valence-corrected chi connectivity index (χ4v) is 13.4. The topological polar surface area (TPSA) is 56.6 Å². The summed E-state index contributed by atoms with van der Waals surface area (Å²) in [5, 5.41) is 0.872. The van der Waals surface area contributed by atoms with E-state index in [0.717, 1.165) is 22.2 Å². The minimum absolute atomic E-state index is 0.0207. The van der Waals surface area contributed by atoms with Crippen molar-refractivity contribution in [1.82, 2.24) is 14.1 Å². The first-order valence-corrected chi connectivity index (χ1v) is 16.3. The standard InChI is InChI=1S/C31H44FN3O3Si/c1-19(2)39(20(3)4,21(5)6)35-14-12-24-27(11-13-33-29(24)35)37-28-15-23-18-34(30(36)38-31(8,9)10)17-22(7)25(23)16-26(28)32/h11-16,19-22H,17-18H2,1-10H3. The molecule has 0 aliphatic carbocycles. The lowest BCUT2D eigenvalue weighted by Gasteiger charge is -2.44. The van der Waals surface area contributed by atoms with Crippen LogP contribution < -0.4 is 4.74 Å². The summed E-state index contributed by atoms with van der Waals surface area (Å²) in [4.78, 5) is 19.2. The van der Waals surface area contributed by atoms with Gasteiger partial charge in [-0.25, -0.2) is 14.2 Å². The number of pyridine rings is 1. The van der Waals surface area contributed by atoms with Crippen LogP contribution in [0.2, 0.25) is 16.6 Å². The maximum Gasteiger partial charge on any atom is 0.410 e. The molecular weight excluding hydrogens is 509 g/mol. The summed E-state index contributed by atoms with van der Waals surface area (Å²) in [6.07, 6.45) is 3.54. The lowest BCUT2D eigenvalue weighted by Crippen LogP contribution is -2.51. The Labute approximate surface area is 233 Å². The van der Waals surface area contributed by atoms with E-state index in [-0.39, 0.29) is 17.8 Å². The second kappa shape index (κ2) is 10.6. The molecule has 1 aromatic carbocycles. The van der Waals surface area contributed by atoms with Crippen molar-refractivity contribution in [2.45, 2.75) is 104 Å². The molecule has 3 aromatic rings. The molecule has 1 aliphatic heterocycles. The monoisotopic (exact) mass is 553 g/mol. The molecule has 0 saturated heterocycles. The number of fused-ring (bicyclic) bond motifs is 2. The van der Waals surface area contributed by atoms with Gasteiger partial charge in [0.25, 0.3) is 0 Å². The fraction of sp³-hybridized carbons (Fsp3) is 0.548. The number of hydrogen-bond acceptors (Lipinski definition) is 4. The predicted molar refractivity (Wildman–Crippen MR) is 158 cm³/mol. The van der Waals surface area contributed by atoms with Crippen LogP contribution >= 0.6 is 0 Å². The van der Waals surface area contributed by atoms with Gasteiger partial charge in [-0.3, -0.25) is 0 Å². The predicted octanol–water partition coefficient (Wildman–Crippen LogP) is 8.85. The Morgan fingerprint density at radius 3 is 2.28 bits per heavy atom. The summed E-state index contributed by atoms with van der Waals surface area (Å²) in [6, 6.07) is 7.13. The fourth-order valence-electron chi connectivity index (χ4n) is 6.82. The van der Waals surface area contributed by atoms with Crippen molar-refractivity contribution >= 4 is 25.4 Å². The molecule has 0 fully saturated rings. The Bertz CT molecular complexity index is 1340. The first-order chi connectivity index (χ1) is 18.2. The SMILES string of the molecule is CC1CN(C(=O)OC(C)(C)C)Cc2cc(Oc3ccnc4c3ccn4[Si](C(C)C)(C(C)C)C(C)C)c(F)cc21. The van der Waals surface area contributed by atoms with E-state index in [0.29, 0.717) is 35.5 Å². The number of hydrogen-bond donors (Lipinski definition) is 0. The number of amides is 1. The van der Waals surface area contributed by atoms with Gasteiger partial charge in [0.2, 0.25) is 0 Å². The average molecular weight is 554 g/mol. The zero-order chi connectivity index (χ0) is 28.9. The van der Waals surface area contributed by atoms with E-state index in [1.165, 1.54) is 0 Å². The quantitative estimate of drug-likeness (QED) is 0.286. The third-order valence-corrected chi connectivity index (χ3v) is 14.9. The van der Waals surface area contributed by atoms with Crippen molar-refractivity contribution in [3.63, 3.8) is 0 Å². The second-order valence-electron chi connectivity index (χ2n) is 12.9. The number of rotatable bonds is 6. The van der Waals surface area contributed by atoms with Crippen molar-refractivity contribution in [2.24, 2.45) is 0 Å². The minimum atomic E-state index is -2.03. The molecule has 1 amide bonds. The van der Waals surface area contributed by atoms with Crippen LogP contribution in [-0.4, -0.2) is 40.6 Å². The first kappa shape index (κ1) is 29.1. The number of carbonyl (C=O) groups is 1. The minimum Gasteiger partial charge on any atom is -0.453 e. The van der Waals surface area contributed by atoms with Gasteiger partial charge in [0.1, 0.15) is 17.0 Å². The number of carbonyl (C=O) groups excluding carboxylic acids is 1. The van der Waals surface area contributed by atoms with Gasteiger partial charge in [-0.15, -0.1) is 0 Å². The van der Waals surface area contributed by atoms with Gasteiger partial charge in [-0.05, 0) is 84.9 Å². The lowest BCUT2D eigenvalue weighted by molar-refractivity contribution is 0.0208. The van der Waals surface area contributed by atoms with Gasteiger partial charge in [0, 0.05) is 19.3 Å². The van der Waals surface area contributed by atoms with Crippen molar-refractivity contribution in [1.29, 1.82) is 0 Å². The van der Waals surface area contributed by atoms with Gasteiger partial charge in [0.15, 0.2) is 19.8 Å². The first-order valence-electron chi connectivity index (χ1n) is 14.1. The molecular formula is C31H44FN3O3Si. The Kier molecular flexibility index (Phi) is 7.91. The molecule has 39 heavy (non-hydrogen) atoms. The Balaban J connectivity index is 1.72. The summed E-state index contributed by atoms with van der Waals surface area (Å²) < 4.78 is 29.7. The molecule has 3 heterocycles. The third kappa shape index (κ3) is 5.32. The van der Waals surface area contributed by atoms with Crippen LogP contribution in [-0.2, 0) is 11.3 Å². The van der Waals surface area contributed by atoms with E-state index in [4.69, 9.17) is 14.5 Å². The van der Waals surface area contributed by atoms with E-state index in [1.807, 2.05) is 27.7 Å². The van der Waals surface area contributed by atoms with Crippen molar-refractivity contribution in [3.8, 4) is 11.5 Å². The summed E-state index contributed by atoms with van der Waals surface area (Å²) in [6.45, 7) is 22.3. The second-order valence-corrected chi connectivity index (χ2v) is 18.6. The zero-order valence-electron chi connectivity index (χ0n) is 25.1. The van der Waals surface area contributed by atoms with Gasteiger partial charge in [-0.1, -0.05) is 48.5 Å². The van der Waals surface area contributed by atoms with Gasteiger partial charge in [0.05, 0.1) is 5.39 Å². The highest BCUT2D eigenvalue weighted by Crippen LogP contribution is 2.45. The summed E-state index contributed by atoms with van der Waals surface area (Å²) in [5.41, 5.74) is 3.59. The molecule has 1 atom stereocenters. The zero-order valence-corrected chi connectivity index (χ0v) is 26.1. The molecule has 8 heteroatoms. The molecule has 0 spiro atoms. The highest BCUT2D eigenvalue weighted by atomic mass is 28.3. The molecule has 0 N–H and O–H groups in total. The van der Waals surface area contributed by atoms with Gasteiger partial charge >= 0.3 is 6.09 Å². The molecule has 1 aliphatic rings. The molecule has 2 aromatic heterocycles. The van der Waals surface area contributed by atoms with Crippen molar-refractivity contribution in [2.75, 3.05) is 6.54 Å². The van der Waals surface area contributed by atoms with Crippen molar-refractivity contribution < 1.29 is 18.7 Å². The highest BCUT2D eigenvalue weighted by molar-refractivity contribution is 6.82. The van der Waals surface area contributed by atoms with Crippen molar-refractivity contribution in [3.05, 3.63) is 53.6 Å². The largest absolute Gasteiger partial charge is 0.453 e. The normalized spacial score (nSPS) is 16.4. The number of ether oxygens (including phenoxy) is 2. The number of nitrogens with zero attached hydrogens (tertiary/aromatic N) is 3. The van der Waals surface area contributed by atoms with Crippen LogP contribution in [0.4, 0.5) is 9.18 Å². The molecule has 212 valence electrons. The number of aromatic nitrogens is 2. The maximum atomic E-state index is 15.4. The Morgan fingerprint density at radius 2 is 1.69 bits per heavy atom. The summed E-state index contributed by atoms with van der Waals surface area (Å²) in [5.74, 6) is 0.288. The Hall–Kier alpha value is -2.87. The molecule has 0 saturated carbocycles. The van der Waals surface area contributed by atoms with E-state index < -0.39 is 19.7 Å². The molecule has 4 rings (SSSR count). The van der Waals surface area contributed by atoms with Crippen LogP contribution in [0.15, 0.2) is 36.7 Å². The lowest BCUT2D eigenvalue weighted by atomic mass is 9.91. The summed E-state index contributed by atoms with van der Waals surface area (Å²) >= 11 is 0. The molecule has 6 nitrogen and oxygen atoms in total. The molecule has 1 unspecified atom stereocenters. The maximum absolute atomic E-state index is 15.4. The van der Waals surface area contributed by atoms with Gasteiger partial charge < -0.3 is 18.6 Å². The van der Waals surface area contributed by atoms with E-state index in [9.17, 15) is 4.79 Å². The van der Waals surface area contributed by atoms with E-state index in [1.54, 1.807) is 29.3 Å². The van der Waals surface area contributed by atoms with Crippen LogP contribution in [0, 0.1) is 5.82 Å². The average Bonchev–Trinajstić information content (AvgIpc) is 3.24. The molecule has 0 radical (unpaired) electrons. The Morgan fingerprint density at radius 1 is 1.05 bits per heavy atom. The van der Waals surface area contributed by atoms with E-state index >= 15 is 4.39 Å². The highest BCUT2D eigenvalue weighted by Gasteiger charge is 2.46. The van der Waals surface area contributed by atoms with Crippen LogP contribution in [0.5, 0.6) is 11.5 Å². The van der Waals surface area contributed by atoms with E-state index in [2.05, 4.69) is 58.0 Å². The van der Waals surface area contributed by atoms with Crippen LogP contribution in [0.25, 0.3) is 11.0 Å². The smallest absolute Gasteiger partial charge is 0.410 e. The van der Waals surface area contributed by atoms with Crippen LogP contribution in [0.3, 0.4) is 0 Å². The number of halogens is 1.